The van der Waals surface area contributed by atoms with E-state index in [2.05, 4.69) is 4.98 Å². The van der Waals surface area contributed by atoms with Gasteiger partial charge in [0.25, 0.3) is 0 Å². The van der Waals surface area contributed by atoms with E-state index in [4.69, 9.17) is 0 Å². The van der Waals surface area contributed by atoms with E-state index in [1.807, 2.05) is 64.9 Å². The first-order chi connectivity index (χ1) is 17.6. The summed E-state index contributed by atoms with van der Waals surface area (Å²) >= 11 is 1.38. The van der Waals surface area contributed by atoms with Crippen molar-refractivity contribution in [1.29, 1.82) is 0 Å². The molecule has 6 heteroatoms. The Labute approximate surface area is 211 Å². The SMILES string of the molecule is O=C(c1cccs1)[C@@H]1[C@@H](c2cccnc2)C2(C(=O)c3ccccc3C2=O)[C@H]2C=Cc3ccccc3N12. The first-order valence-electron chi connectivity index (χ1n) is 11.9. The molecule has 2 aliphatic heterocycles. The third-order valence-electron chi connectivity index (χ3n) is 7.79. The molecular weight excluding hydrogens is 468 g/mol. The van der Waals surface area contributed by atoms with Gasteiger partial charge in [-0.3, -0.25) is 19.4 Å². The highest BCUT2D eigenvalue weighted by Crippen LogP contribution is 2.60. The maximum Gasteiger partial charge on any atom is 0.195 e. The second-order valence-corrected chi connectivity index (χ2v) is 10.3. The van der Waals surface area contributed by atoms with Crippen molar-refractivity contribution in [3.63, 3.8) is 0 Å². The number of Topliss-reactive ketones (excluding diaryl/α,β-unsaturated/α-hetero) is 3. The van der Waals surface area contributed by atoms with Crippen molar-refractivity contribution in [2.24, 2.45) is 5.41 Å². The van der Waals surface area contributed by atoms with Crippen molar-refractivity contribution in [1.82, 2.24) is 4.98 Å². The molecule has 0 radical (unpaired) electrons. The van der Waals surface area contributed by atoms with Crippen molar-refractivity contribution in [2.45, 2.75) is 18.0 Å². The van der Waals surface area contributed by atoms with Gasteiger partial charge in [-0.15, -0.1) is 11.3 Å². The number of fused-ring (bicyclic) bond motifs is 5. The Bertz CT molecular complexity index is 1540. The number of hydrogen-bond acceptors (Lipinski definition) is 6. The van der Waals surface area contributed by atoms with Gasteiger partial charge in [-0.2, -0.15) is 0 Å². The number of ketones is 3. The summed E-state index contributed by atoms with van der Waals surface area (Å²) in [5, 5.41) is 1.88. The lowest BCUT2D eigenvalue weighted by Crippen LogP contribution is -2.48. The zero-order valence-corrected chi connectivity index (χ0v) is 19.9. The number of benzene rings is 2. The number of thiophene rings is 1. The average molecular weight is 489 g/mol. The summed E-state index contributed by atoms with van der Waals surface area (Å²) in [6, 6.07) is 20.8. The molecule has 1 spiro atoms. The Balaban J connectivity index is 1.56. The summed E-state index contributed by atoms with van der Waals surface area (Å²) < 4.78 is 0. The first kappa shape index (κ1) is 21.1. The van der Waals surface area contributed by atoms with E-state index < -0.39 is 23.4 Å². The minimum absolute atomic E-state index is 0.0950. The Morgan fingerprint density at radius 1 is 0.889 bits per heavy atom. The van der Waals surface area contributed by atoms with Gasteiger partial charge in [0.1, 0.15) is 11.5 Å². The maximum atomic E-state index is 14.4. The van der Waals surface area contributed by atoms with Crippen LogP contribution in [0.15, 0.2) is 96.6 Å². The lowest BCUT2D eigenvalue weighted by Gasteiger charge is -2.37. The van der Waals surface area contributed by atoms with Crippen LogP contribution in [0.1, 0.15) is 47.4 Å². The largest absolute Gasteiger partial charge is 0.352 e. The molecule has 1 aliphatic carbocycles. The zero-order valence-electron chi connectivity index (χ0n) is 19.1. The van der Waals surface area contributed by atoms with E-state index in [-0.39, 0.29) is 17.3 Å². The van der Waals surface area contributed by atoms with Crippen molar-refractivity contribution in [3.8, 4) is 0 Å². The van der Waals surface area contributed by atoms with E-state index in [0.717, 1.165) is 11.3 Å². The average Bonchev–Trinajstić information content (AvgIpc) is 3.63. The number of pyridine rings is 1. The zero-order chi connectivity index (χ0) is 24.4. The number of anilines is 1. The number of hydrogen-bond donors (Lipinski definition) is 0. The fourth-order valence-corrected chi connectivity index (χ4v) is 7.11. The van der Waals surface area contributed by atoms with Gasteiger partial charge in [0.05, 0.1) is 10.9 Å². The van der Waals surface area contributed by atoms with Crippen LogP contribution in [0.3, 0.4) is 0 Å². The van der Waals surface area contributed by atoms with Crippen molar-refractivity contribution >= 4 is 40.4 Å². The van der Waals surface area contributed by atoms with Crippen LogP contribution in [-0.2, 0) is 0 Å². The van der Waals surface area contributed by atoms with Gasteiger partial charge in [-0.25, -0.2) is 0 Å². The number of carbonyl (C=O) groups is 3. The molecule has 0 bridgehead atoms. The van der Waals surface area contributed by atoms with Crippen LogP contribution in [0.2, 0.25) is 0 Å². The van der Waals surface area contributed by atoms with Gasteiger partial charge >= 0.3 is 0 Å². The van der Waals surface area contributed by atoms with E-state index in [9.17, 15) is 14.4 Å². The van der Waals surface area contributed by atoms with Crippen LogP contribution in [0.25, 0.3) is 6.08 Å². The Hall–Kier alpha value is -4.16. The molecule has 0 amide bonds. The predicted molar refractivity (Wildman–Crippen MR) is 139 cm³/mol. The highest BCUT2D eigenvalue weighted by molar-refractivity contribution is 7.12. The standard InChI is InChI=1S/C30H20N2O3S/c33-27(23-12-6-16-36-23)26-25(19-8-5-15-31-17-19)30(28(34)20-9-2-3-10-21(20)29(30)35)24-14-13-18-7-1-4-11-22(18)32(24)26/h1-17,24-26H/t24-,25-,26+/m1/s1. The lowest BCUT2D eigenvalue weighted by atomic mass is 9.64. The van der Waals surface area contributed by atoms with Crippen LogP contribution >= 0.6 is 11.3 Å². The van der Waals surface area contributed by atoms with Crippen LogP contribution in [-0.4, -0.2) is 34.4 Å². The first-order valence-corrected chi connectivity index (χ1v) is 12.7. The third kappa shape index (κ3) is 2.59. The molecule has 1 saturated heterocycles. The molecule has 4 heterocycles. The Morgan fingerprint density at radius 2 is 1.64 bits per heavy atom. The fourth-order valence-electron chi connectivity index (χ4n) is 6.41. The molecule has 3 aliphatic rings. The van der Waals surface area contributed by atoms with Gasteiger partial charge < -0.3 is 4.90 Å². The van der Waals surface area contributed by atoms with E-state index in [1.54, 1.807) is 42.7 Å². The predicted octanol–water partition coefficient (Wildman–Crippen LogP) is 5.46. The number of nitrogens with zero attached hydrogens (tertiary/aromatic N) is 2. The number of rotatable bonds is 3. The summed E-state index contributed by atoms with van der Waals surface area (Å²) in [6.07, 6.45) is 7.27. The number of carbonyl (C=O) groups excluding carboxylic acids is 3. The van der Waals surface area contributed by atoms with Crippen molar-refractivity contribution in [3.05, 3.63) is 124 Å². The van der Waals surface area contributed by atoms with Gasteiger partial charge in [-0.05, 0) is 34.7 Å². The summed E-state index contributed by atoms with van der Waals surface area (Å²) in [7, 11) is 0. The number of para-hydroxylation sites is 1. The molecule has 2 aromatic heterocycles. The molecule has 2 aromatic carbocycles. The summed E-state index contributed by atoms with van der Waals surface area (Å²) in [5.41, 5.74) is 1.88. The highest BCUT2D eigenvalue weighted by atomic mass is 32.1. The topological polar surface area (TPSA) is 67.3 Å². The molecule has 5 nitrogen and oxygen atoms in total. The molecular formula is C30H20N2O3S. The van der Waals surface area contributed by atoms with Crippen LogP contribution in [0.4, 0.5) is 5.69 Å². The molecule has 0 N–H and O–H groups in total. The van der Waals surface area contributed by atoms with Gasteiger partial charge in [0.15, 0.2) is 17.3 Å². The minimum Gasteiger partial charge on any atom is -0.352 e. The second-order valence-electron chi connectivity index (χ2n) is 9.39. The van der Waals surface area contributed by atoms with Crippen LogP contribution in [0.5, 0.6) is 0 Å². The Morgan fingerprint density at radius 3 is 2.33 bits per heavy atom. The monoisotopic (exact) mass is 488 g/mol. The van der Waals surface area contributed by atoms with E-state index in [1.165, 1.54) is 11.3 Å². The smallest absolute Gasteiger partial charge is 0.195 e. The molecule has 1 fully saturated rings. The summed E-state index contributed by atoms with van der Waals surface area (Å²) in [4.78, 5) is 50.1. The third-order valence-corrected chi connectivity index (χ3v) is 8.67. The lowest BCUT2D eigenvalue weighted by molar-refractivity contribution is 0.0666. The summed E-state index contributed by atoms with van der Waals surface area (Å²) in [5.74, 6) is -1.26. The van der Waals surface area contributed by atoms with Crippen molar-refractivity contribution < 1.29 is 14.4 Å². The van der Waals surface area contributed by atoms with E-state index >= 15 is 0 Å². The molecule has 7 rings (SSSR count). The molecule has 174 valence electrons. The van der Waals surface area contributed by atoms with Gasteiger partial charge in [-0.1, -0.05) is 66.7 Å². The minimum atomic E-state index is -1.48. The van der Waals surface area contributed by atoms with E-state index in [0.29, 0.717) is 21.6 Å². The quantitative estimate of drug-likeness (QED) is 0.283. The second kappa shape index (κ2) is 7.67. The van der Waals surface area contributed by atoms with Gasteiger partial charge in [0, 0.05) is 35.1 Å². The molecule has 3 atom stereocenters. The van der Waals surface area contributed by atoms with Crippen LogP contribution < -0.4 is 4.90 Å². The molecule has 36 heavy (non-hydrogen) atoms. The molecule has 0 saturated carbocycles. The van der Waals surface area contributed by atoms with Crippen LogP contribution in [0, 0.1) is 5.41 Å². The van der Waals surface area contributed by atoms with Crippen molar-refractivity contribution in [2.75, 3.05) is 4.90 Å². The Kier molecular flexibility index (Phi) is 4.51. The summed E-state index contributed by atoms with van der Waals surface area (Å²) in [6.45, 7) is 0. The highest BCUT2D eigenvalue weighted by Gasteiger charge is 2.71. The molecule has 0 unspecified atom stereocenters. The maximum absolute atomic E-state index is 14.4. The van der Waals surface area contributed by atoms with Gasteiger partial charge in [0.2, 0.25) is 0 Å². The number of aromatic nitrogens is 1. The molecule has 4 aromatic rings. The normalized spacial score (nSPS) is 23.0. The fraction of sp³-hybridized carbons (Fsp3) is 0.133.